The van der Waals surface area contributed by atoms with Crippen molar-refractivity contribution in [1.82, 2.24) is 10.3 Å². The number of halogens is 3. The van der Waals surface area contributed by atoms with Gasteiger partial charge >= 0.3 is 6.09 Å². The second-order valence-electron chi connectivity index (χ2n) is 4.45. The average molecular weight is 327 g/mol. The molecule has 4 nitrogen and oxygen atoms in total. The molecule has 1 atom stereocenters. The van der Waals surface area contributed by atoms with Crippen LogP contribution < -0.4 is 5.32 Å². The Hall–Kier alpha value is -2.21. The van der Waals surface area contributed by atoms with Crippen molar-refractivity contribution in [3.05, 3.63) is 64.7 Å². The molecule has 7 heteroatoms. The highest BCUT2D eigenvalue weighted by molar-refractivity contribution is 6.30. The van der Waals surface area contributed by atoms with E-state index in [2.05, 4.69) is 10.3 Å². The van der Waals surface area contributed by atoms with Crippen LogP contribution in [0.2, 0.25) is 5.02 Å². The quantitative estimate of drug-likeness (QED) is 0.850. The Morgan fingerprint density at radius 1 is 1.36 bits per heavy atom. The average Bonchev–Trinajstić information content (AvgIpc) is 2.54. The molecular formula is C15H13ClF2N2O2. The maximum Gasteiger partial charge on any atom is 0.408 e. The third kappa shape index (κ3) is 4.39. The van der Waals surface area contributed by atoms with Crippen LogP contribution in [-0.4, -0.2) is 17.8 Å². The molecule has 0 spiro atoms. The van der Waals surface area contributed by atoms with Crippen molar-refractivity contribution in [1.29, 1.82) is 0 Å². The van der Waals surface area contributed by atoms with Crippen molar-refractivity contribution < 1.29 is 18.3 Å². The molecule has 116 valence electrons. The second kappa shape index (κ2) is 7.70. The van der Waals surface area contributed by atoms with Crippen molar-refractivity contribution in [2.75, 3.05) is 6.67 Å². The number of pyridine rings is 1. The van der Waals surface area contributed by atoms with Crippen LogP contribution in [0.25, 0.3) is 0 Å². The third-order valence-electron chi connectivity index (χ3n) is 2.87. The van der Waals surface area contributed by atoms with Crippen LogP contribution in [0.5, 0.6) is 0 Å². The lowest BCUT2D eigenvalue weighted by Crippen LogP contribution is -2.31. The van der Waals surface area contributed by atoms with Crippen LogP contribution in [0, 0.1) is 5.95 Å². The molecule has 1 N–H and O–H groups in total. The fraction of sp³-hybridized carbons (Fsp3) is 0.200. The first kappa shape index (κ1) is 16.2. The van der Waals surface area contributed by atoms with Gasteiger partial charge in [0.15, 0.2) is 0 Å². The first-order valence-corrected chi connectivity index (χ1v) is 6.82. The summed E-state index contributed by atoms with van der Waals surface area (Å²) in [6.45, 7) is -0.985. The number of nitrogens with one attached hydrogen (secondary N) is 1. The second-order valence-corrected chi connectivity index (χ2v) is 4.88. The lowest BCUT2D eigenvalue weighted by atomic mass is 10.1. The summed E-state index contributed by atoms with van der Waals surface area (Å²) in [5, 5.41) is 2.39. The van der Waals surface area contributed by atoms with Gasteiger partial charge in [-0.25, -0.2) is 14.2 Å². The molecule has 0 saturated heterocycles. The number of hydrogen-bond acceptors (Lipinski definition) is 3. The van der Waals surface area contributed by atoms with Gasteiger partial charge in [0.1, 0.15) is 13.3 Å². The van der Waals surface area contributed by atoms with E-state index in [1.165, 1.54) is 6.07 Å². The Balaban J connectivity index is 1.97. The zero-order valence-electron chi connectivity index (χ0n) is 11.4. The highest BCUT2D eigenvalue weighted by Crippen LogP contribution is 2.20. The van der Waals surface area contributed by atoms with Gasteiger partial charge in [0.05, 0.1) is 11.1 Å². The van der Waals surface area contributed by atoms with Crippen molar-refractivity contribution >= 4 is 17.7 Å². The summed E-state index contributed by atoms with van der Waals surface area (Å²) in [7, 11) is 0. The van der Waals surface area contributed by atoms with Crippen molar-refractivity contribution in [3.8, 4) is 0 Å². The Kier molecular flexibility index (Phi) is 5.66. The van der Waals surface area contributed by atoms with E-state index in [1.807, 2.05) is 6.07 Å². The Labute approximate surface area is 131 Å². The molecule has 0 aliphatic carbocycles. The molecule has 22 heavy (non-hydrogen) atoms. The predicted octanol–water partition coefficient (Wildman–Crippen LogP) is 3.81. The van der Waals surface area contributed by atoms with E-state index < -0.39 is 24.8 Å². The lowest BCUT2D eigenvalue weighted by Gasteiger charge is -2.16. The number of amides is 1. The predicted molar refractivity (Wildman–Crippen MR) is 77.7 cm³/mol. The number of ether oxygens (including phenoxy) is 1. The van der Waals surface area contributed by atoms with Crippen LogP contribution in [0.15, 0.2) is 42.6 Å². The van der Waals surface area contributed by atoms with E-state index >= 15 is 0 Å². The number of aromatic nitrogens is 1. The SMILES string of the molecule is O=C(N[C@@H](CF)c1cc(Cl)cnc1F)OCc1ccccc1. The summed E-state index contributed by atoms with van der Waals surface area (Å²) in [5.41, 5.74) is 0.650. The number of carbonyl (C=O) groups is 1. The van der Waals surface area contributed by atoms with E-state index in [4.69, 9.17) is 16.3 Å². The zero-order chi connectivity index (χ0) is 15.9. The maximum atomic E-state index is 13.6. The Morgan fingerprint density at radius 3 is 2.77 bits per heavy atom. The number of hydrogen-bond donors (Lipinski definition) is 1. The maximum absolute atomic E-state index is 13.6. The van der Waals surface area contributed by atoms with Crippen LogP contribution in [0.1, 0.15) is 17.2 Å². The van der Waals surface area contributed by atoms with Gasteiger partial charge in [0.25, 0.3) is 0 Å². The molecule has 0 fully saturated rings. The standard InChI is InChI=1S/C15H13ClF2N2O2/c16-11-6-12(14(18)19-8-11)13(7-17)20-15(21)22-9-10-4-2-1-3-5-10/h1-6,8,13H,7,9H2,(H,20,21)/t13-/m0/s1. The molecule has 1 heterocycles. The zero-order valence-corrected chi connectivity index (χ0v) is 12.2. The lowest BCUT2D eigenvalue weighted by molar-refractivity contribution is 0.133. The first-order valence-electron chi connectivity index (χ1n) is 6.44. The van der Waals surface area contributed by atoms with Crippen LogP contribution >= 0.6 is 11.6 Å². The van der Waals surface area contributed by atoms with E-state index in [1.54, 1.807) is 24.3 Å². The van der Waals surface area contributed by atoms with Crippen LogP contribution in [0.3, 0.4) is 0 Å². The van der Waals surface area contributed by atoms with Gasteiger partial charge < -0.3 is 10.1 Å². The largest absolute Gasteiger partial charge is 0.445 e. The van der Waals surface area contributed by atoms with E-state index in [0.717, 1.165) is 11.8 Å². The van der Waals surface area contributed by atoms with Crippen LogP contribution in [-0.2, 0) is 11.3 Å². The normalized spacial score (nSPS) is 11.8. The highest BCUT2D eigenvalue weighted by atomic mass is 35.5. The van der Waals surface area contributed by atoms with E-state index in [9.17, 15) is 13.6 Å². The fourth-order valence-corrected chi connectivity index (χ4v) is 1.96. The molecule has 1 amide bonds. The van der Waals surface area contributed by atoms with Crippen molar-refractivity contribution in [3.63, 3.8) is 0 Å². The molecule has 0 bridgehead atoms. The van der Waals surface area contributed by atoms with Crippen molar-refractivity contribution in [2.24, 2.45) is 0 Å². The minimum absolute atomic E-state index is 0.0297. The molecule has 2 rings (SSSR count). The monoisotopic (exact) mass is 326 g/mol. The van der Waals surface area contributed by atoms with Crippen LogP contribution in [0.4, 0.5) is 13.6 Å². The topological polar surface area (TPSA) is 51.2 Å². The summed E-state index contributed by atoms with van der Waals surface area (Å²) < 4.78 is 31.6. The summed E-state index contributed by atoms with van der Waals surface area (Å²) in [6.07, 6.45) is 0.245. The molecule has 0 saturated carbocycles. The van der Waals surface area contributed by atoms with E-state index in [0.29, 0.717) is 0 Å². The van der Waals surface area contributed by atoms with Gasteiger partial charge in [-0.15, -0.1) is 0 Å². The Bertz CT molecular complexity index is 641. The smallest absolute Gasteiger partial charge is 0.408 e. The number of nitrogens with zero attached hydrogens (tertiary/aromatic N) is 1. The molecule has 0 unspecified atom stereocenters. The van der Waals surface area contributed by atoms with Gasteiger partial charge in [-0.1, -0.05) is 41.9 Å². The Morgan fingerprint density at radius 2 is 2.09 bits per heavy atom. The minimum Gasteiger partial charge on any atom is -0.445 e. The summed E-state index contributed by atoms with van der Waals surface area (Å²) >= 11 is 5.70. The number of benzene rings is 1. The molecule has 1 aromatic carbocycles. The summed E-state index contributed by atoms with van der Waals surface area (Å²) in [4.78, 5) is 15.1. The molecule has 0 radical (unpaired) electrons. The molecule has 1 aromatic heterocycles. The first-order chi connectivity index (χ1) is 10.6. The number of carbonyl (C=O) groups excluding carboxylic acids is 1. The fourth-order valence-electron chi connectivity index (χ4n) is 1.79. The van der Waals surface area contributed by atoms with Gasteiger partial charge in [0.2, 0.25) is 5.95 Å². The number of rotatable bonds is 5. The third-order valence-corrected chi connectivity index (χ3v) is 3.07. The number of alkyl carbamates (subject to hydrolysis) is 1. The van der Waals surface area contributed by atoms with Crippen molar-refractivity contribution in [2.45, 2.75) is 12.6 Å². The molecule has 2 aromatic rings. The minimum atomic E-state index is -1.21. The van der Waals surface area contributed by atoms with E-state index in [-0.39, 0.29) is 17.2 Å². The van der Waals surface area contributed by atoms with Gasteiger partial charge in [0, 0.05) is 11.8 Å². The summed E-state index contributed by atoms with van der Waals surface area (Å²) in [6, 6.07) is 8.99. The summed E-state index contributed by atoms with van der Waals surface area (Å²) in [5.74, 6) is -0.893. The van der Waals surface area contributed by atoms with Gasteiger partial charge in [-0.05, 0) is 11.6 Å². The molecule has 0 aliphatic rings. The van der Waals surface area contributed by atoms with Gasteiger partial charge in [-0.3, -0.25) is 0 Å². The highest BCUT2D eigenvalue weighted by Gasteiger charge is 2.20. The van der Waals surface area contributed by atoms with Gasteiger partial charge in [-0.2, -0.15) is 4.39 Å². The number of alkyl halides is 1. The molecular weight excluding hydrogens is 314 g/mol. The molecule has 0 aliphatic heterocycles.